The van der Waals surface area contributed by atoms with E-state index < -0.39 is 70.2 Å². The van der Waals surface area contributed by atoms with Crippen molar-refractivity contribution in [3.05, 3.63) is 89.2 Å². The van der Waals surface area contributed by atoms with Gasteiger partial charge in [0.05, 0.1) is 22.7 Å². The van der Waals surface area contributed by atoms with Gasteiger partial charge in [-0.3, -0.25) is 14.6 Å². The van der Waals surface area contributed by atoms with Crippen LogP contribution in [0, 0.1) is 11.6 Å². The van der Waals surface area contributed by atoms with Gasteiger partial charge in [0.1, 0.15) is 17.6 Å². The first-order chi connectivity index (χ1) is 23.1. The number of hydrogen-bond donors (Lipinski definition) is 0. The molecule has 0 saturated carbocycles. The molecule has 264 valence electrons. The summed E-state index contributed by atoms with van der Waals surface area (Å²) >= 11 is 0. The van der Waals surface area contributed by atoms with E-state index in [4.69, 9.17) is 9.47 Å². The highest BCUT2D eigenvalue weighted by Crippen LogP contribution is 2.41. The molecule has 0 N–H and O–H groups in total. The van der Waals surface area contributed by atoms with E-state index in [1.165, 1.54) is 15.9 Å². The Morgan fingerprint density at radius 3 is 2.18 bits per heavy atom. The van der Waals surface area contributed by atoms with Gasteiger partial charge in [-0.05, 0) is 55.3 Å². The highest BCUT2D eigenvalue weighted by molar-refractivity contribution is 5.97. The zero-order valence-electron chi connectivity index (χ0n) is 26.3. The van der Waals surface area contributed by atoms with E-state index in [0.717, 1.165) is 48.8 Å². The summed E-state index contributed by atoms with van der Waals surface area (Å²) in [5, 5.41) is 0. The third-order valence-corrected chi connectivity index (χ3v) is 8.81. The number of likely N-dealkylation sites (tertiary alicyclic amines) is 2. The third kappa shape index (κ3) is 7.75. The third-order valence-electron chi connectivity index (χ3n) is 8.81. The molecule has 0 unspecified atom stereocenters. The molecule has 1 aromatic heterocycles. The second-order valence-electron chi connectivity index (χ2n) is 12.0. The highest BCUT2D eigenvalue weighted by Gasteiger charge is 2.56. The van der Waals surface area contributed by atoms with E-state index in [-0.39, 0.29) is 63.2 Å². The zero-order chi connectivity index (χ0) is 35.6. The van der Waals surface area contributed by atoms with E-state index in [0.29, 0.717) is 12.5 Å². The molecule has 0 spiro atoms. The SMILES string of the molecule is CCC[C@H]1N(C(=O)c2cnccc2C(F)(F)F)CCC[C@@]1(Oc1ccc(C(F)(F)F)cc1)C(=O)N1CCC(Oc2ccc(F)c(F)c2)CC1. The van der Waals surface area contributed by atoms with Gasteiger partial charge in [-0.15, -0.1) is 0 Å². The predicted octanol–water partition coefficient (Wildman–Crippen LogP) is 7.69. The van der Waals surface area contributed by atoms with Crippen LogP contribution in [0.1, 0.15) is 66.9 Å². The van der Waals surface area contributed by atoms with Crippen molar-refractivity contribution >= 4 is 11.8 Å². The molecule has 2 atom stereocenters. The summed E-state index contributed by atoms with van der Waals surface area (Å²) in [6.07, 6.45) is -7.06. The van der Waals surface area contributed by atoms with Crippen molar-refractivity contribution < 1.29 is 54.2 Å². The summed E-state index contributed by atoms with van der Waals surface area (Å²) in [6, 6.07) is 6.41. The molecule has 49 heavy (non-hydrogen) atoms. The number of ether oxygens (including phenoxy) is 2. The maximum absolute atomic E-state index is 14.6. The number of amides is 2. The van der Waals surface area contributed by atoms with Crippen molar-refractivity contribution in [1.82, 2.24) is 14.8 Å². The first-order valence-electron chi connectivity index (χ1n) is 15.7. The zero-order valence-corrected chi connectivity index (χ0v) is 26.3. The van der Waals surface area contributed by atoms with Gasteiger partial charge < -0.3 is 19.3 Å². The highest BCUT2D eigenvalue weighted by atomic mass is 19.4. The number of benzene rings is 2. The number of aromatic nitrogens is 1. The summed E-state index contributed by atoms with van der Waals surface area (Å²) in [5.74, 6) is -3.71. The number of piperidine rings is 2. The fraction of sp³-hybridized carbons (Fsp3) is 0.441. The molecule has 2 aromatic carbocycles. The van der Waals surface area contributed by atoms with E-state index in [2.05, 4.69) is 4.98 Å². The van der Waals surface area contributed by atoms with E-state index in [1.54, 1.807) is 6.92 Å². The molecule has 3 aromatic rings. The normalized spacial score (nSPS) is 20.6. The van der Waals surface area contributed by atoms with E-state index >= 15 is 0 Å². The van der Waals surface area contributed by atoms with Crippen LogP contribution >= 0.6 is 0 Å². The smallest absolute Gasteiger partial charge is 0.417 e. The van der Waals surface area contributed by atoms with Crippen LogP contribution in [0.4, 0.5) is 35.1 Å². The largest absolute Gasteiger partial charge is 0.490 e. The minimum atomic E-state index is -4.88. The average Bonchev–Trinajstić information content (AvgIpc) is 3.06. The van der Waals surface area contributed by atoms with Gasteiger partial charge in [-0.25, -0.2) is 8.78 Å². The number of carbonyl (C=O) groups excluding carboxylic acids is 2. The first-order valence-corrected chi connectivity index (χ1v) is 15.7. The molecule has 3 heterocycles. The molecular weight excluding hydrogens is 666 g/mol. The molecule has 5 rings (SSSR count). The fourth-order valence-electron chi connectivity index (χ4n) is 6.48. The van der Waals surface area contributed by atoms with E-state index in [9.17, 15) is 44.7 Å². The molecule has 2 aliphatic heterocycles. The number of hydrogen-bond acceptors (Lipinski definition) is 5. The van der Waals surface area contributed by atoms with Crippen molar-refractivity contribution in [2.75, 3.05) is 19.6 Å². The number of pyridine rings is 1. The van der Waals surface area contributed by atoms with Crippen molar-refractivity contribution in [1.29, 1.82) is 0 Å². The standard InChI is InChI=1S/C34H33F8N3O4/c1-2-4-29-32(49-23-7-5-21(6-8-23)33(37,38)39,14-3-16-45(29)30(46)25-20-43-15-11-26(25)34(40,41)42)31(47)44-17-12-22(13-18-44)48-24-9-10-27(35)28(36)19-24/h5-11,15,19-20,22,29H,2-4,12-14,16-18H2,1H3/t29-,32+/m1/s1. The van der Waals surface area contributed by atoms with E-state index in [1.807, 2.05) is 0 Å². The van der Waals surface area contributed by atoms with Crippen LogP contribution in [-0.4, -0.2) is 64.0 Å². The van der Waals surface area contributed by atoms with Crippen molar-refractivity contribution in [3.8, 4) is 11.5 Å². The lowest BCUT2D eigenvalue weighted by Gasteiger charge is -2.50. The number of nitrogens with zero attached hydrogens (tertiary/aromatic N) is 3. The van der Waals surface area contributed by atoms with Gasteiger partial charge in [-0.1, -0.05) is 13.3 Å². The molecule has 2 aliphatic rings. The molecule has 2 saturated heterocycles. The lowest BCUT2D eigenvalue weighted by molar-refractivity contribution is -0.161. The predicted molar refractivity (Wildman–Crippen MR) is 160 cm³/mol. The monoisotopic (exact) mass is 699 g/mol. The van der Waals surface area contributed by atoms with Gasteiger partial charge in [-0.2, -0.15) is 26.3 Å². The maximum atomic E-state index is 14.6. The van der Waals surface area contributed by atoms with Crippen LogP contribution < -0.4 is 9.47 Å². The van der Waals surface area contributed by atoms with Crippen LogP contribution in [0.5, 0.6) is 11.5 Å². The second kappa shape index (κ2) is 14.2. The number of carbonyl (C=O) groups is 2. The van der Waals surface area contributed by atoms with Gasteiger partial charge >= 0.3 is 12.4 Å². The Morgan fingerprint density at radius 1 is 0.898 bits per heavy atom. The Balaban J connectivity index is 1.48. The summed E-state index contributed by atoms with van der Waals surface area (Å²) in [4.78, 5) is 34.9. The Labute approximate surface area is 276 Å². The topological polar surface area (TPSA) is 72.0 Å². The fourth-order valence-corrected chi connectivity index (χ4v) is 6.48. The first kappa shape index (κ1) is 35.9. The molecule has 2 amide bonds. The number of alkyl halides is 6. The summed E-state index contributed by atoms with van der Waals surface area (Å²) < 4.78 is 121. The minimum absolute atomic E-state index is 0.00869. The Kier molecular flexibility index (Phi) is 10.4. The number of rotatable bonds is 8. The summed E-state index contributed by atoms with van der Waals surface area (Å²) in [7, 11) is 0. The summed E-state index contributed by atoms with van der Waals surface area (Å²) in [6.45, 7) is 1.97. The van der Waals surface area contributed by atoms with Crippen LogP contribution in [0.25, 0.3) is 0 Å². The molecular formula is C34H33F8N3O4. The molecule has 2 fully saturated rings. The van der Waals surface area contributed by atoms with Gasteiger partial charge in [0, 0.05) is 57.4 Å². The molecule has 7 nitrogen and oxygen atoms in total. The molecule has 0 aliphatic carbocycles. The van der Waals surface area contributed by atoms with Gasteiger partial charge in [0.2, 0.25) is 5.60 Å². The van der Waals surface area contributed by atoms with Gasteiger partial charge in [0.25, 0.3) is 11.8 Å². The Hall–Kier alpha value is -4.43. The van der Waals surface area contributed by atoms with Crippen LogP contribution in [-0.2, 0) is 17.1 Å². The van der Waals surface area contributed by atoms with Crippen molar-refractivity contribution in [3.63, 3.8) is 0 Å². The second-order valence-corrected chi connectivity index (χ2v) is 12.0. The Morgan fingerprint density at radius 2 is 1.57 bits per heavy atom. The van der Waals surface area contributed by atoms with Crippen LogP contribution in [0.2, 0.25) is 0 Å². The van der Waals surface area contributed by atoms with Gasteiger partial charge in [0.15, 0.2) is 11.6 Å². The van der Waals surface area contributed by atoms with Crippen LogP contribution in [0.15, 0.2) is 60.9 Å². The lowest BCUT2D eigenvalue weighted by Crippen LogP contribution is -2.68. The lowest BCUT2D eigenvalue weighted by atomic mass is 9.79. The Bertz CT molecular complexity index is 1640. The average molecular weight is 700 g/mol. The van der Waals surface area contributed by atoms with Crippen molar-refractivity contribution in [2.45, 2.75) is 75.5 Å². The van der Waals surface area contributed by atoms with Crippen molar-refractivity contribution in [2.24, 2.45) is 0 Å². The van der Waals surface area contributed by atoms with Crippen LogP contribution in [0.3, 0.4) is 0 Å². The molecule has 0 bridgehead atoms. The molecule has 0 radical (unpaired) electrons. The quantitative estimate of drug-likeness (QED) is 0.226. The molecule has 15 heteroatoms. The maximum Gasteiger partial charge on any atom is 0.417 e. The summed E-state index contributed by atoms with van der Waals surface area (Å²) in [5.41, 5.74) is -4.73. The minimum Gasteiger partial charge on any atom is -0.490 e. The number of halogens is 8.